The third-order valence-corrected chi connectivity index (χ3v) is 9.37. The first-order chi connectivity index (χ1) is 24.9. The van der Waals surface area contributed by atoms with Crippen molar-refractivity contribution in [1.82, 2.24) is 9.88 Å². The van der Waals surface area contributed by atoms with Gasteiger partial charge in [0.05, 0.1) is 5.75 Å². The maximum atomic E-state index is 13.5. The molecule has 2 heterocycles. The zero-order valence-electron chi connectivity index (χ0n) is 27.8. The van der Waals surface area contributed by atoms with Crippen LogP contribution in [-0.4, -0.2) is 28.0 Å². The summed E-state index contributed by atoms with van der Waals surface area (Å²) in [7, 11) is 0. The van der Waals surface area contributed by atoms with E-state index in [9.17, 15) is 14.4 Å². The standard InChI is InChI=1S/C42H34N4O4S/c1-2-46-37-16-10-9-15-34(37)35-25-31(19-23-38(35)46)43-40(47)27-51-33-21-17-30(18-22-33)44-42(49)36(45-41(48)29-13-7-4-8-14-29)26-32-20-24-39(50-32)28-11-5-3-6-12-28/h3-26H,2,27H2,1H3,(H,43,47)(H,44,49)(H,45,48). The minimum Gasteiger partial charge on any atom is -0.457 e. The highest BCUT2D eigenvalue weighted by molar-refractivity contribution is 8.00. The Morgan fingerprint density at radius 2 is 1.39 bits per heavy atom. The summed E-state index contributed by atoms with van der Waals surface area (Å²) in [6.45, 7) is 2.99. The van der Waals surface area contributed by atoms with Crippen LogP contribution >= 0.6 is 11.8 Å². The molecule has 0 aliphatic carbocycles. The Hall–Kier alpha value is -6.32. The van der Waals surface area contributed by atoms with Crippen molar-refractivity contribution in [3.8, 4) is 11.3 Å². The number of amides is 3. The first-order valence-electron chi connectivity index (χ1n) is 16.5. The van der Waals surface area contributed by atoms with Gasteiger partial charge in [0.25, 0.3) is 11.8 Å². The molecule has 0 spiro atoms. The molecule has 5 aromatic carbocycles. The number of furan rings is 1. The molecule has 7 aromatic rings. The Balaban J connectivity index is 1.00. The van der Waals surface area contributed by atoms with E-state index in [0.717, 1.165) is 39.0 Å². The molecular weight excluding hydrogens is 657 g/mol. The van der Waals surface area contributed by atoms with E-state index in [1.54, 1.807) is 42.5 Å². The number of thioether (sulfide) groups is 1. The summed E-state index contributed by atoms with van der Waals surface area (Å²) >= 11 is 1.39. The Bertz CT molecular complexity index is 2380. The molecule has 252 valence electrons. The predicted octanol–water partition coefficient (Wildman–Crippen LogP) is 9.21. The lowest BCUT2D eigenvalue weighted by molar-refractivity contribution is -0.114. The van der Waals surface area contributed by atoms with Crippen molar-refractivity contribution in [2.24, 2.45) is 0 Å². The summed E-state index contributed by atoms with van der Waals surface area (Å²) in [5.41, 5.74) is 4.91. The molecule has 8 nitrogen and oxygen atoms in total. The normalized spacial score (nSPS) is 11.4. The van der Waals surface area contributed by atoms with Crippen molar-refractivity contribution in [3.05, 3.63) is 157 Å². The molecule has 2 aromatic heterocycles. The summed E-state index contributed by atoms with van der Waals surface area (Å²) in [4.78, 5) is 40.3. The molecule has 51 heavy (non-hydrogen) atoms. The lowest BCUT2D eigenvalue weighted by Gasteiger charge is -2.11. The van der Waals surface area contributed by atoms with Crippen LogP contribution in [-0.2, 0) is 16.1 Å². The molecule has 0 saturated heterocycles. The van der Waals surface area contributed by atoms with Gasteiger partial charge in [0.2, 0.25) is 5.91 Å². The van der Waals surface area contributed by atoms with Crippen molar-refractivity contribution in [1.29, 1.82) is 0 Å². The molecular formula is C42H34N4O4S. The summed E-state index contributed by atoms with van der Waals surface area (Å²) in [5, 5.41) is 10.9. The number of rotatable bonds is 11. The number of aryl methyl sites for hydroxylation is 1. The Labute approximate surface area is 299 Å². The van der Waals surface area contributed by atoms with Gasteiger partial charge in [-0.2, -0.15) is 0 Å². The number of nitrogens with zero attached hydrogens (tertiary/aromatic N) is 1. The molecule has 3 amide bonds. The first kappa shape index (κ1) is 33.2. The van der Waals surface area contributed by atoms with Gasteiger partial charge in [0.1, 0.15) is 17.2 Å². The van der Waals surface area contributed by atoms with Crippen LogP contribution in [0.3, 0.4) is 0 Å². The van der Waals surface area contributed by atoms with Crippen LogP contribution < -0.4 is 16.0 Å². The van der Waals surface area contributed by atoms with E-state index in [4.69, 9.17) is 4.42 Å². The second kappa shape index (κ2) is 15.1. The number of carbonyl (C=O) groups excluding carboxylic acids is 3. The van der Waals surface area contributed by atoms with Crippen molar-refractivity contribution < 1.29 is 18.8 Å². The SMILES string of the molecule is CCn1c2ccccc2c2cc(NC(=O)CSc3ccc(NC(=O)C(=Cc4ccc(-c5ccccc5)o4)NC(=O)c4ccccc4)cc3)ccc21. The molecule has 0 aliphatic heterocycles. The highest BCUT2D eigenvalue weighted by Crippen LogP contribution is 2.31. The Morgan fingerprint density at radius 1 is 0.706 bits per heavy atom. The van der Waals surface area contributed by atoms with Crippen molar-refractivity contribution in [2.75, 3.05) is 16.4 Å². The quantitative estimate of drug-likeness (QED) is 0.0927. The molecule has 9 heteroatoms. The molecule has 0 saturated carbocycles. The van der Waals surface area contributed by atoms with Gasteiger partial charge in [-0.3, -0.25) is 14.4 Å². The van der Waals surface area contributed by atoms with E-state index < -0.39 is 11.8 Å². The number of aromatic nitrogens is 1. The van der Waals surface area contributed by atoms with Gasteiger partial charge in [0.15, 0.2) is 0 Å². The Morgan fingerprint density at radius 3 is 2.16 bits per heavy atom. The molecule has 0 unspecified atom stereocenters. The van der Waals surface area contributed by atoms with Gasteiger partial charge >= 0.3 is 0 Å². The average molecular weight is 691 g/mol. The maximum absolute atomic E-state index is 13.5. The summed E-state index contributed by atoms with van der Waals surface area (Å²) in [5.74, 6) is 0.199. The largest absolute Gasteiger partial charge is 0.457 e. The number of nitrogens with one attached hydrogen (secondary N) is 3. The lowest BCUT2D eigenvalue weighted by atomic mass is 10.1. The van der Waals surface area contributed by atoms with Crippen LogP contribution in [0.4, 0.5) is 11.4 Å². The van der Waals surface area contributed by atoms with Crippen molar-refractivity contribution in [2.45, 2.75) is 18.4 Å². The second-order valence-electron chi connectivity index (χ2n) is 11.8. The third-order valence-electron chi connectivity index (χ3n) is 8.35. The predicted molar refractivity (Wildman–Crippen MR) is 206 cm³/mol. The van der Waals surface area contributed by atoms with Gasteiger partial charge in [-0.15, -0.1) is 11.8 Å². The van der Waals surface area contributed by atoms with E-state index in [1.165, 1.54) is 23.4 Å². The van der Waals surface area contributed by atoms with Crippen LogP contribution in [0.1, 0.15) is 23.0 Å². The van der Waals surface area contributed by atoms with E-state index in [-0.39, 0.29) is 17.4 Å². The molecule has 0 atom stereocenters. The van der Waals surface area contributed by atoms with Crippen molar-refractivity contribution in [3.63, 3.8) is 0 Å². The van der Waals surface area contributed by atoms with Crippen LogP contribution in [0.25, 0.3) is 39.2 Å². The average Bonchev–Trinajstić information content (AvgIpc) is 3.77. The molecule has 0 fully saturated rings. The van der Waals surface area contributed by atoms with Crippen LogP contribution in [0.5, 0.6) is 0 Å². The van der Waals surface area contributed by atoms with Gasteiger partial charge in [-0.25, -0.2) is 0 Å². The van der Waals surface area contributed by atoms with E-state index >= 15 is 0 Å². The van der Waals surface area contributed by atoms with E-state index in [0.29, 0.717) is 22.8 Å². The monoisotopic (exact) mass is 690 g/mol. The smallest absolute Gasteiger partial charge is 0.272 e. The molecule has 3 N–H and O–H groups in total. The zero-order chi connectivity index (χ0) is 35.2. The number of carbonyl (C=O) groups is 3. The highest BCUT2D eigenvalue weighted by Gasteiger charge is 2.17. The number of benzene rings is 5. The molecule has 7 rings (SSSR count). The molecule has 0 radical (unpaired) electrons. The number of fused-ring (bicyclic) bond motifs is 3. The number of para-hydroxylation sites is 1. The van der Waals surface area contributed by atoms with Crippen molar-refractivity contribution >= 4 is 68.7 Å². The number of hydrogen-bond acceptors (Lipinski definition) is 5. The maximum Gasteiger partial charge on any atom is 0.272 e. The lowest BCUT2D eigenvalue weighted by Crippen LogP contribution is -2.30. The summed E-state index contributed by atoms with van der Waals surface area (Å²) in [6, 6.07) is 43.4. The van der Waals surface area contributed by atoms with Crippen LogP contribution in [0.2, 0.25) is 0 Å². The summed E-state index contributed by atoms with van der Waals surface area (Å²) in [6.07, 6.45) is 1.50. The summed E-state index contributed by atoms with van der Waals surface area (Å²) < 4.78 is 8.26. The van der Waals surface area contributed by atoms with Crippen LogP contribution in [0.15, 0.2) is 155 Å². The molecule has 0 bridgehead atoms. The Kier molecular flexibility index (Phi) is 9.80. The highest BCUT2D eigenvalue weighted by atomic mass is 32.2. The van der Waals surface area contributed by atoms with E-state index in [2.05, 4.69) is 45.6 Å². The minimum atomic E-state index is -0.518. The van der Waals surface area contributed by atoms with Gasteiger partial charge in [0, 0.05) is 61.8 Å². The fraction of sp³-hybridized carbons (Fsp3) is 0.0714. The fourth-order valence-electron chi connectivity index (χ4n) is 5.92. The number of hydrogen-bond donors (Lipinski definition) is 3. The first-order valence-corrected chi connectivity index (χ1v) is 17.5. The van der Waals surface area contributed by atoms with Crippen LogP contribution in [0, 0.1) is 0 Å². The zero-order valence-corrected chi connectivity index (χ0v) is 28.6. The third kappa shape index (κ3) is 7.64. The topological polar surface area (TPSA) is 105 Å². The van der Waals surface area contributed by atoms with E-state index in [1.807, 2.05) is 78.9 Å². The fourth-order valence-corrected chi connectivity index (χ4v) is 6.62. The van der Waals surface area contributed by atoms with Gasteiger partial charge < -0.3 is 24.9 Å². The molecule has 0 aliphatic rings. The minimum absolute atomic E-state index is 0.0189. The van der Waals surface area contributed by atoms with Gasteiger partial charge in [-0.05, 0) is 79.7 Å². The number of anilines is 2. The van der Waals surface area contributed by atoms with Gasteiger partial charge in [-0.1, -0.05) is 66.7 Å². The second-order valence-corrected chi connectivity index (χ2v) is 12.8.